The Morgan fingerprint density at radius 1 is 1.07 bits per heavy atom. The monoisotopic (exact) mass is 369 g/mol. The molecule has 2 aromatic carbocycles. The molecule has 0 bridgehead atoms. The zero-order valence-corrected chi connectivity index (χ0v) is 15.7. The van der Waals surface area contributed by atoms with E-state index in [0.29, 0.717) is 47.9 Å². The molecule has 7 nitrogen and oxygen atoms in total. The first-order valence-electron chi connectivity index (χ1n) is 8.62. The third-order valence-electron chi connectivity index (χ3n) is 4.16. The Morgan fingerprint density at radius 2 is 1.78 bits per heavy atom. The first kappa shape index (κ1) is 18.7. The van der Waals surface area contributed by atoms with E-state index in [-0.39, 0.29) is 5.56 Å². The van der Waals surface area contributed by atoms with Gasteiger partial charge in [0.15, 0.2) is 11.5 Å². The quantitative estimate of drug-likeness (QED) is 0.657. The SMILES string of the molecule is COc1cc2nc(CN(C)CCOc3ccccc3)[nH]c(=O)c2cc1OC. The van der Waals surface area contributed by atoms with Crippen LogP contribution in [-0.4, -0.2) is 49.3 Å². The van der Waals surface area contributed by atoms with Gasteiger partial charge in [0.25, 0.3) is 5.56 Å². The van der Waals surface area contributed by atoms with E-state index in [4.69, 9.17) is 14.2 Å². The summed E-state index contributed by atoms with van der Waals surface area (Å²) in [6.45, 7) is 1.74. The molecule has 0 saturated carbocycles. The van der Waals surface area contributed by atoms with Crippen LogP contribution < -0.4 is 19.8 Å². The number of hydrogen-bond donors (Lipinski definition) is 1. The smallest absolute Gasteiger partial charge is 0.258 e. The molecule has 0 spiro atoms. The zero-order valence-electron chi connectivity index (χ0n) is 15.7. The fourth-order valence-electron chi connectivity index (χ4n) is 2.76. The third-order valence-corrected chi connectivity index (χ3v) is 4.16. The van der Waals surface area contributed by atoms with Gasteiger partial charge in [-0.1, -0.05) is 18.2 Å². The highest BCUT2D eigenvalue weighted by atomic mass is 16.5. The van der Waals surface area contributed by atoms with E-state index in [1.807, 2.05) is 42.3 Å². The third kappa shape index (κ3) is 4.57. The Morgan fingerprint density at radius 3 is 2.48 bits per heavy atom. The van der Waals surface area contributed by atoms with Gasteiger partial charge in [-0.25, -0.2) is 4.98 Å². The van der Waals surface area contributed by atoms with Crippen molar-refractivity contribution in [3.8, 4) is 17.2 Å². The molecule has 3 aromatic rings. The predicted molar refractivity (Wildman–Crippen MR) is 104 cm³/mol. The lowest BCUT2D eigenvalue weighted by atomic mass is 10.2. The second kappa shape index (κ2) is 8.55. The van der Waals surface area contributed by atoms with Crippen LogP contribution in [0.4, 0.5) is 0 Å². The van der Waals surface area contributed by atoms with Gasteiger partial charge in [0.2, 0.25) is 0 Å². The van der Waals surface area contributed by atoms with E-state index in [1.165, 1.54) is 7.11 Å². The number of H-pyrrole nitrogens is 1. The molecule has 0 fully saturated rings. The summed E-state index contributed by atoms with van der Waals surface area (Å²) < 4.78 is 16.2. The number of nitrogens with one attached hydrogen (secondary N) is 1. The lowest BCUT2D eigenvalue weighted by molar-refractivity contribution is 0.230. The summed E-state index contributed by atoms with van der Waals surface area (Å²) in [5.41, 5.74) is 0.366. The molecular weight excluding hydrogens is 346 g/mol. The van der Waals surface area contributed by atoms with Gasteiger partial charge < -0.3 is 19.2 Å². The molecule has 0 aliphatic heterocycles. The Kier molecular flexibility index (Phi) is 5.93. The molecular formula is C20H23N3O4. The molecule has 0 radical (unpaired) electrons. The van der Waals surface area contributed by atoms with Crippen LogP contribution in [0.5, 0.6) is 17.2 Å². The maximum Gasteiger partial charge on any atom is 0.258 e. The van der Waals surface area contributed by atoms with Crippen LogP contribution in [0.2, 0.25) is 0 Å². The first-order chi connectivity index (χ1) is 13.1. The molecule has 0 atom stereocenters. The molecule has 0 aliphatic rings. The standard InChI is InChI=1S/C20H23N3O4/c1-23(9-10-27-14-7-5-4-6-8-14)13-19-21-16-12-18(26-3)17(25-2)11-15(16)20(24)22-19/h4-8,11-12H,9-10,13H2,1-3H3,(H,21,22,24). The largest absolute Gasteiger partial charge is 0.493 e. The van der Waals surface area contributed by atoms with Crippen molar-refractivity contribution in [3.05, 3.63) is 58.6 Å². The Bertz CT molecular complexity index is 957. The summed E-state index contributed by atoms with van der Waals surface area (Å²) in [7, 11) is 5.04. The van der Waals surface area contributed by atoms with E-state index < -0.39 is 0 Å². The van der Waals surface area contributed by atoms with E-state index >= 15 is 0 Å². The van der Waals surface area contributed by atoms with Crippen LogP contribution in [0.3, 0.4) is 0 Å². The van der Waals surface area contributed by atoms with Crippen LogP contribution >= 0.6 is 0 Å². The van der Waals surface area contributed by atoms with Gasteiger partial charge >= 0.3 is 0 Å². The second-order valence-corrected chi connectivity index (χ2v) is 6.14. The van der Waals surface area contributed by atoms with Crippen LogP contribution in [0.25, 0.3) is 10.9 Å². The highest BCUT2D eigenvalue weighted by molar-refractivity contribution is 5.81. The van der Waals surface area contributed by atoms with Gasteiger partial charge in [0.05, 0.1) is 31.7 Å². The molecule has 0 amide bonds. The van der Waals surface area contributed by atoms with Gasteiger partial charge in [-0.15, -0.1) is 0 Å². The Balaban J connectivity index is 1.70. The van der Waals surface area contributed by atoms with Crippen LogP contribution in [0.15, 0.2) is 47.3 Å². The van der Waals surface area contributed by atoms with Gasteiger partial charge in [0, 0.05) is 12.6 Å². The van der Waals surface area contributed by atoms with E-state index in [2.05, 4.69) is 9.97 Å². The lowest BCUT2D eigenvalue weighted by Crippen LogP contribution is -2.26. The predicted octanol–water partition coefficient (Wildman–Crippen LogP) is 2.45. The molecule has 1 aromatic heterocycles. The molecule has 3 rings (SSSR count). The molecule has 1 heterocycles. The molecule has 0 unspecified atom stereocenters. The van der Waals surface area contributed by atoms with Crippen molar-refractivity contribution in [2.24, 2.45) is 0 Å². The number of aromatic nitrogens is 2. The summed E-state index contributed by atoms with van der Waals surface area (Å²) in [4.78, 5) is 21.8. The number of hydrogen-bond acceptors (Lipinski definition) is 6. The van der Waals surface area contributed by atoms with Crippen LogP contribution in [0.1, 0.15) is 5.82 Å². The van der Waals surface area contributed by atoms with Gasteiger partial charge in [-0.2, -0.15) is 0 Å². The van der Waals surface area contributed by atoms with Gasteiger partial charge in [0.1, 0.15) is 18.2 Å². The van der Waals surface area contributed by atoms with Gasteiger partial charge in [-0.3, -0.25) is 9.69 Å². The maximum atomic E-state index is 12.4. The van der Waals surface area contributed by atoms with E-state index in [9.17, 15) is 4.79 Å². The molecule has 0 saturated heterocycles. The Hall–Kier alpha value is -3.06. The van der Waals surface area contributed by atoms with Gasteiger partial charge in [-0.05, 0) is 25.2 Å². The van der Waals surface area contributed by atoms with Crippen LogP contribution in [0, 0.1) is 0 Å². The molecule has 1 N–H and O–H groups in total. The molecule has 142 valence electrons. The summed E-state index contributed by atoms with van der Waals surface area (Å²) in [5, 5.41) is 0.464. The maximum absolute atomic E-state index is 12.4. The number of para-hydroxylation sites is 1. The minimum atomic E-state index is -0.204. The number of ether oxygens (including phenoxy) is 3. The number of fused-ring (bicyclic) bond motifs is 1. The average Bonchev–Trinajstić information content (AvgIpc) is 2.68. The average molecular weight is 369 g/mol. The van der Waals surface area contributed by atoms with Crippen molar-refractivity contribution in [1.29, 1.82) is 0 Å². The summed E-state index contributed by atoms with van der Waals surface area (Å²) in [6, 6.07) is 13.0. The van der Waals surface area contributed by atoms with E-state index in [0.717, 1.165) is 5.75 Å². The highest BCUT2D eigenvalue weighted by Crippen LogP contribution is 2.29. The second-order valence-electron chi connectivity index (χ2n) is 6.14. The molecule has 7 heteroatoms. The van der Waals surface area contributed by atoms with Crippen molar-refractivity contribution < 1.29 is 14.2 Å². The lowest BCUT2D eigenvalue weighted by Gasteiger charge is -2.17. The van der Waals surface area contributed by atoms with Crippen molar-refractivity contribution in [2.45, 2.75) is 6.54 Å². The normalized spacial score (nSPS) is 11.0. The van der Waals surface area contributed by atoms with Crippen molar-refractivity contribution >= 4 is 10.9 Å². The summed E-state index contributed by atoms with van der Waals surface area (Å²) in [5.74, 6) is 2.46. The fraction of sp³-hybridized carbons (Fsp3) is 0.300. The number of nitrogens with zero attached hydrogens (tertiary/aromatic N) is 2. The number of methoxy groups -OCH3 is 2. The summed E-state index contributed by atoms with van der Waals surface area (Å²) >= 11 is 0. The fourth-order valence-corrected chi connectivity index (χ4v) is 2.76. The van der Waals surface area contributed by atoms with Crippen molar-refractivity contribution in [2.75, 3.05) is 34.4 Å². The Labute approximate surface area is 157 Å². The number of likely N-dealkylation sites (N-methyl/N-ethyl adjacent to an activating group) is 1. The first-order valence-corrected chi connectivity index (χ1v) is 8.62. The topological polar surface area (TPSA) is 76.7 Å². The molecule has 27 heavy (non-hydrogen) atoms. The summed E-state index contributed by atoms with van der Waals surface area (Å²) in [6.07, 6.45) is 0. The van der Waals surface area contributed by atoms with Crippen molar-refractivity contribution in [3.63, 3.8) is 0 Å². The minimum Gasteiger partial charge on any atom is -0.493 e. The molecule has 0 aliphatic carbocycles. The van der Waals surface area contributed by atoms with Crippen molar-refractivity contribution in [1.82, 2.24) is 14.9 Å². The van der Waals surface area contributed by atoms with Crippen LogP contribution in [-0.2, 0) is 6.54 Å². The van der Waals surface area contributed by atoms with E-state index in [1.54, 1.807) is 19.2 Å². The zero-order chi connectivity index (χ0) is 19.2. The number of aromatic amines is 1. The minimum absolute atomic E-state index is 0.204. The number of benzene rings is 2. The number of rotatable bonds is 8. The highest BCUT2D eigenvalue weighted by Gasteiger charge is 2.12.